The summed E-state index contributed by atoms with van der Waals surface area (Å²) in [7, 11) is 3.04. The van der Waals surface area contributed by atoms with Crippen LogP contribution >= 0.6 is 0 Å². The molecule has 0 aliphatic heterocycles. The quantitative estimate of drug-likeness (QED) is 0.508. The highest BCUT2D eigenvalue weighted by Crippen LogP contribution is 1.94. The summed E-state index contributed by atoms with van der Waals surface area (Å²) in [5.41, 5.74) is 0. The maximum Gasteiger partial charge on any atom is 0.252 e. The third kappa shape index (κ3) is 7.98. The number of rotatable bonds is 8. The van der Waals surface area contributed by atoms with E-state index >= 15 is 0 Å². The van der Waals surface area contributed by atoms with E-state index in [0.29, 0.717) is 19.5 Å². The van der Waals surface area contributed by atoms with Crippen LogP contribution in [-0.4, -0.2) is 60.6 Å². The third-order valence-electron chi connectivity index (χ3n) is 2.95. The molecule has 7 heteroatoms. The van der Waals surface area contributed by atoms with Crippen LogP contribution in [0.25, 0.3) is 0 Å². The van der Waals surface area contributed by atoms with Gasteiger partial charge in [-0.05, 0) is 18.6 Å². The average molecular weight is 309 g/mol. The normalized spacial score (nSPS) is 10.1. The van der Waals surface area contributed by atoms with Crippen molar-refractivity contribution in [2.75, 3.05) is 27.2 Å². The topological polar surface area (TPSA) is 86.8 Å². The summed E-state index contributed by atoms with van der Waals surface area (Å²) in [6.45, 7) is 5.76. The highest BCUT2D eigenvalue weighted by Gasteiger charge is 2.11. The van der Waals surface area contributed by atoms with Crippen molar-refractivity contribution in [3.63, 3.8) is 0 Å². The largest absolute Gasteiger partial charge is 0.352 e. The van der Waals surface area contributed by atoms with Crippen LogP contribution < -0.4 is 5.32 Å². The summed E-state index contributed by atoms with van der Waals surface area (Å²) in [6, 6.07) is 0. The molecule has 4 amide bonds. The fourth-order valence-corrected chi connectivity index (χ4v) is 1.41. The van der Waals surface area contributed by atoms with Gasteiger partial charge in [-0.2, -0.15) is 0 Å². The predicted octanol–water partition coefficient (Wildman–Crippen LogP) is 0.0883. The van der Waals surface area contributed by atoms with E-state index in [0.717, 1.165) is 11.0 Å². The molecule has 0 spiro atoms. The number of carbonyl (C=O) groups excluding carboxylic acids is 4. The summed E-state index contributed by atoms with van der Waals surface area (Å²) in [6.07, 6.45) is 4.29. The van der Waals surface area contributed by atoms with Gasteiger partial charge in [-0.1, -0.05) is 12.7 Å². The molecule has 0 aromatic heterocycles. The van der Waals surface area contributed by atoms with Crippen molar-refractivity contribution in [1.29, 1.82) is 0 Å². The number of amides is 4. The van der Waals surface area contributed by atoms with Crippen LogP contribution in [0.4, 0.5) is 0 Å². The smallest absolute Gasteiger partial charge is 0.252 e. The number of nitrogens with one attached hydrogen (secondary N) is 1. The number of nitrogens with zero attached hydrogens (tertiary/aromatic N) is 2. The van der Waals surface area contributed by atoms with Crippen molar-refractivity contribution in [2.24, 2.45) is 0 Å². The van der Waals surface area contributed by atoms with Crippen LogP contribution in [0, 0.1) is 0 Å². The number of carbonyl (C=O) groups is 4. The van der Waals surface area contributed by atoms with E-state index in [1.165, 1.54) is 26.1 Å². The Morgan fingerprint density at radius 1 is 1.18 bits per heavy atom. The molecule has 0 bridgehead atoms. The maximum absolute atomic E-state index is 11.6. The van der Waals surface area contributed by atoms with Gasteiger partial charge in [-0.3, -0.25) is 24.1 Å². The lowest BCUT2D eigenvalue weighted by molar-refractivity contribution is -0.139. The second-order valence-corrected chi connectivity index (χ2v) is 4.69. The van der Waals surface area contributed by atoms with Crippen molar-refractivity contribution < 1.29 is 19.2 Å². The Balaban J connectivity index is 3.97. The zero-order chi connectivity index (χ0) is 17.1. The first kappa shape index (κ1) is 19.6. The molecule has 0 rings (SSSR count). The molecule has 0 radical (unpaired) electrons. The van der Waals surface area contributed by atoms with E-state index < -0.39 is 11.8 Å². The number of hydrogen-bond acceptors (Lipinski definition) is 4. The van der Waals surface area contributed by atoms with E-state index in [-0.39, 0.29) is 18.2 Å². The minimum atomic E-state index is -0.488. The monoisotopic (exact) mass is 309 g/mol. The third-order valence-corrected chi connectivity index (χ3v) is 2.95. The summed E-state index contributed by atoms with van der Waals surface area (Å²) >= 11 is 0. The average Bonchev–Trinajstić information content (AvgIpc) is 2.49. The Hall–Kier alpha value is -2.44. The van der Waals surface area contributed by atoms with Gasteiger partial charge in [0.2, 0.25) is 17.7 Å². The van der Waals surface area contributed by atoms with Gasteiger partial charge in [0.1, 0.15) is 0 Å². The zero-order valence-electron chi connectivity index (χ0n) is 13.3. The Kier molecular flexibility index (Phi) is 9.17. The maximum atomic E-state index is 11.6. The molecule has 22 heavy (non-hydrogen) atoms. The van der Waals surface area contributed by atoms with Gasteiger partial charge in [0.05, 0.1) is 0 Å². The lowest BCUT2D eigenvalue weighted by Gasteiger charge is -2.14. The number of likely N-dealkylation sites (N-methyl/N-ethyl adjacent to an activating group) is 1. The van der Waals surface area contributed by atoms with E-state index in [2.05, 4.69) is 11.9 Å². The highest BCUT2D eigenvalue weighted by molar-refractivity contribution is 6.01. The molecule has 0 saturated heterocycles. The van der Waals surface area contributed by atoms with Gasteiger partial charge < -0.3 is 10.2 Å². The molecular formula is C15H23N3O4. The molecule has 0 saturated carbocycles. The molecule has 1 N–H and O–H groups in total. The second-order valence-electron chi connectivity index (χ2n) is 4.69. The van der Waals surface area contributed by atoms with Crippen LogP contribution in [0.1, 0.15) is 19.8 Å². The molecule has 0 aromatic carbocycles. The van der Waals surface area contributed by atoms with Gasteiger partial charge in [0.25, 0.3) is 5.91 Å². The fraction of sp³-hybridized carbons (Fsp3) is 0.467. The molecule has 0 aromatic rings. The Morgan fingerprint density at radius 2 is 1.82 bits per heavy atom. The molecule has 0 heterocycles. The summed E-state index contributed by atoms with van der Waals surface area (Å²) < 4.78 is 0. The van der Waals surface area contributed by atoms with Gasteiger partial charge in [0.15, 0.2) is 0 Å². The molecule has 0 aliphatic carbocycles. The van der Waals surface area contributed by atoms with Gasteiger partial charge in [-0.25, -0.2) is 0 Å². The molecule has 0 atom stereocenters. The van der Waals surface area contributed by atoms with Crippen LogP contribution in [0.15, 0.2) is 24.8 Å². The first-order valence-electron chi connectivity index (χ1n) is 6.88. The van der Waals surface area contributed by atoms with E-state index in [1.54, 1.807) is 11.9 Å². The molecule has 122 valence electrons. The van der Waals surface area contributed by atoms with Gasteiger partial charge in [-0.15, -0.1) is 0 Å². The summed E-state index contributed by atoms with van der Waals surface area (Å²) in [5, 5.41) is 2.64. The van der Waals surface area contributed by atoms with Crippen molar-refractivity contribution in [3.8, 4) is 0 Å². The molecule has 0 aliphatic rings. The first-order chi connectivity index (χ1) is 10.3. The number of hydrogen-bond donors (Lipinski definition) is 1. The fourth-order valence-electron chi connectivity index (χ4n) is 1.41. The molecular weight excluding hydrogens is 286 g/mol. The number of imide groups is 1. The van der Waals surface area contributed by atoms with Crippen molar-refractivity contribution >= 4 is 23.6 Å². The van der Waals surface area contributed by atoms with Gasteiger partial charge >= 0.3 is 0 Å². The molecule has 7 nitrogen and oxygen atoms in total. The van der Waals surface area contributed by atoms with E-state index in [9.17, 15) is 19.2 Å². The highest BCUT2D eigenvalue weighted by atomic mass is 16.2. The molecule has 0 fully saturated rings. The second kappa shape index (κ2) is 10.3. The zero-order valence-corrected chi connectivity index (χ0v) is 13.3. The standard InChI is InChI=1S/C15H23N3O4/c1-5-14(21)18(4)15(22)9-6-8-13(20)16-10-7-11-17(3)12(2)19/h5-6,8H,1,7,9-11H2,2-4H3,(H,16,20)/b8-6+. The Bertz CT molecular complexity index is 471. The van der Waals surface area contributed by atoms with Crippen LogP contribution in [0.5, 0.6) is 0 Å². The van der Waals surface area contributed by atoms with Gasteiger partial charge in [0, 0.05) is 40.5 Å². The lowest BCUT2D eigenvalue weighted by atomic mass is 10.3. The van der Waals surface area contributed by atoms with E-state index in [1.807, 2.05) is 0 Å². The Labute approximate surface area is 130 Å². The first-order valence-corrected chi connectivity index (χ1v) is 6.88. The minimum absolute atomic E-state index is 0.0251. The minimum Gasteiger partial charge on any atom is -0.352 e. The predicted molar refractivity (Wildman–Crippen MR) is 82.7 cm³/mol. The van der Waals surface area contributed by atoms with Crippen molar-refractivity contribution in [3.05, 3.63) is 24.8 Å². The van der Waals surface area contributed by atoms with E-state index in [4.69, 9.17) is 0 Å². The SMILES string of the molecule is C=CC(=O)N(C)C(=O)C/C=C/C(=O)NCCCN(C)C(C)=O. The van der Waals surface area contributed by atoms with Crippen LogP contribution in [0.2, 0.25) is 0 Å². The van der Waals surface area contributed by atoms with Crippen LogP contribution in [-0.2, 0) is 19.2 Å². The van der Waals surface area contributed by atoms with Crippen molar-refractivity contribution in [1.82, 2.24) is 15.1 Å². The molecule has 0 unspecified atom stereocenters. The Morgan fingerprint density at radius 3 is 2.36 bits per heavy atom. The summed E-state index contributed by atoms with van der Waals surface area (Å²) in [4.78, 5) is 47.7. The summed E-state index contributed by atoms with van der Waals surface area (Å²) in [5.74, 6) is -1.26. The lowest BCUT2D eigenvalue weighted by Crippen LogP contribution is -2.31. The van der Waals surface area contributed by atoms with Crippen LogP contribution in [0.3, 0.4) is 0 Å². The van der Waals surface area contributed by atoms with Crippen molar-refractivity contribution in [2.45, 2.75) is 19.8 Å².